The number of halogens is 1. The minimum atomic E-state index is -0.0212. The molecule has 92 valence electrons. The van der Waals surface area contributed by atoms with Crippen molar-refractivity contribution in [3.8, 4) is 0 Å². The molecule has 1 aromatic heterocycles. The highest BCUT2D eigenvalue weighted by molar-refractivity contribution is 8.00. The van der Waals surface area contributed by atoms with Gasteiger partial charge in [0.15, 0.2) is 0 Å². The second-order valence-electron chi connectivity index (χ2n) is 4.17. The van der Waals surface area contributed by atoms with Crippen LogP contribution in [0.4, 0.5) is 0 Å². The van der Waals surface area contributed by atoms with E-state index in [0.717, 1.165) is 12.3 Å². The van der Waals surface area contributed by atoms with E-state index in [0.29, 0.717) is 16.0 Å². The van der Waals surface area contributed by atoms with Crippen molar-refractivity contribution in [2.45, 2.75) is 25.1 Å². The van der Waals surface area contributed by atoms with Gasteiger partial charge in [0.05, 0.1) is 0 Å². The number of hydrogen-bond acceptors (Lipinski definition) is 3. The molecule has 3 nitrogen and oxygen atoms in total. The van der Waals surface area contributed by atoms with Crippen LogP contribution in [0.25, 0.3) is 0 Å². The largest absolute Gasteiger partial charge is 0.333 e. The summed E-state index contributed by atoms with van der Waals surface area (Å²) in [6, 6.07) is 3.54. The SMILES string of the molecule is CC1SCCN(C(=O)c2cc(Cl)ccn2)C1C. The third-order valence-electron chi connectivity index (χ3n) is 3.09. The van der Waals surface area contributed by atoms with Gasteiger partial charge in [-0.2, -0.15) is 11.8 Å². The monoisotopic (exact) mass is 270 g/mol. The van der Waals surface area contributed by atoms with Gasteiger partial charge in [0.25, 0.3) is 5.91 Å². The van der Waals surface area contributed by atoms with Crippen LogP contribution in [-0.4, -0.2) is 39.4 Å². The van der Waals surface area contributed by atoms with Crippen LogP contribution in [0.2, 0.25) is 5.02 Å². The third-order valence-corrected chi connectivity index (χ3v) is 4.66. The fraction of sp³-hybridized carbons (Fsp3) is 0.500. The number of carbonyl (C=O) groups excluding carboxylic acids is 1. The van der Waals surface area contributed by atoms with Gasteiger partial charge in [0.2, 0.25) is 0 Å². The average molecular weight is 271 g/mol. The van der Waals surface area contributed by atoms with Crippen molar-refractivity contribution in [1.29, 1.82) is 0 Å². The molecule has 1 fully saturated rings. The Hall–Kier alpha value is -0.740. The quantitative estimate of drug-likeness (QED) is 0.787. The molecule has 2 atom stereocenters. The Morgan fingerprint density at radius 3 is 3.06 bits per heavy atom. The predicted molar refractivity (Wildman–Crippen MR) is 71.7 cm³/mol. The lowest BCUT2D eigenvalue weighted by molar-refractivity contribution is 0.0692. The Balaban J connectivity index is 2.19. The highest BCUT2D eigenvalue weighted by atomic mass is 35.5. The number of pyridine rings is 1. The lowest BCUT2D eigenvalue weighted by atomic mass is 10.2. The fourth-order valence-electron chi connectivity index (χ4n) is 1.89. The Bertz CT molecular complexity index is 427. The first kappa shape index (κ1) is 12.7. The number of thioether (sulfide) groups is 1. The van der Waals surface area contributed by atoms with Crippen LogP contribution < -0.4 is 0 Å². The van der Waals surface area contributed by atoms with E-state index in [4.69, 9.17) is 11.6 Å². The van der Waals surface area contributed by atoms with Crippen LogP contribution >= 0.6 is 23.4 Å². The number of amides is 1. The van der Waals surface area contributed by atoms with Gasteiger partial charge in [-0.3, -0.25) is 9.78 Å². The van der Waals surface area contributed by atoms with E-state index in [1.165, 1.54) is 0 Å². The molecule has 0 N–H and O–H groups in total. The average Bonchev–Trinajstić information content (AvgIpc) is 2.32. The number of hydrogen-bond donors (Lipinski definition) is 0. The Labute approximate surface area is 111 Å². The third kappa shape index (κ3) is 2.75. The predicted octanol–water partition coefficient (Wildman–Crippen LogP) is 2.70. The summed E-state index contributed by atoms with van der Waals surface area (Å²) >= 11 is 7.78. The van der Waals surface area contributed by atoms with E-state index in [-0.39, 0.29) is 11.9 Å². The van der Waals surface area contributed by atoms with Gasteiger partial charge in [0, 0.05) is 34.8 Å². The van der Waals surface area contributed by atoms with Crippen LogP contribution in [0.3, 0.4) is 0 Å². The maximum atomic E-state index is 12.3. The molecule has 1 aromatic rings. The molecule has 0 aliphatic carbocycles. The summed E-state index contributed by atoms with van der Waals surface area (Å²) in [5.41, 5.74) is 0.434. The number of nitrogens with zero attached hydrogens (tertiary/aromatic N) is 2. The lowest BCUT2D eigenvalue weighted by Gasteiger charge is -2.37. The zero-order chi connectivity index (χ0) is 12.4. The van der Waals surface area contributed by atoms with Crippen molar-refractivity contribution in [1.82, 2.24) is 9.88 Å². The second kappa shape index (κ2) is 5.27. The van der Waals surface area contributed by atoms with Crippen molar-refractivity contribution in [3.63, 3.8) is 0 Å². The van der Waals surface area contributed by atoms with Gasteiger partial charge in [-0.15, -0.1) is 0 Å². The zero-order valence-corrected chi connectivity index (χ0v) is 11.5. The molecule has 1 amide bonds. The summed E-state index contributed by atoms with van der Waals surface area (Å²) in [5, 5.41) is 1.02. The molecule has 2 rings (SSSR count). The maximum absolute atomic E-state index is 12.3. The molecule has 5 heteroatoms. The first-order chi connectivity index (χ1) is 8.09. The lowest BCUT2D eigenvalue weighted by Crippen LogP contribution is -2.48. The summed E-state index contributed by atoms with van der Waals surface area (Å²) in [4.78, 5) is 18.3. The van der Waals surface area contributed by atoms with Gasteiger partial charge in [0.1, 0.15) is 5.69 Å². The van der Waals surface area contributed by atoms with Gasteiger partial charge in [-0.05, 0) is 19.1 Å². The van der Waals surface area contributed by atoms with Crippen molar-refractivity contribution in [2.75, 3.05) is 12.3 Å². The van der Waals surface area contributed by atoms with Gasteiger partial charge < -0.3 is 4.90 Å². The first-order valence-electron chi connectivity index (χ1n) is 5.63. The highest BCUT2D eigenvalue weighted by Crippen LogP contribution is 2.25. The molecule has 0 spiro atoms. The van der Waals surface area contributed by atoms with Gasteiger partial charge in [-0.1, -0.05) is 18.5 Å². The van der Waals surface area contributed by atoms with Crippen LogP contribution in [0, 0.1) is 0 Å². The summed E-state index contributed by atoms with van der Waals surface area (Å²) in [7, 11) is 0. The van der Waals surface area contributed by atoms with E-state index in [9.17, 15) is 4.79 Å². The zero-order valence-electron chi connectivity index (χ0n) is 9.89. The summed E-state index contributed by atoms with van der Waals surface area (Å²) in [5.74, 6) is 0.963. The van der Waals surface area contributed by atoms with E-state index in [1.54, 1.807) is 18.3 Å². The molecule has 1 saturated heterocycles. The number of rotatable bonds is 1. The van der Waals surface area contributed by atoms with Crippen LogP contribution in [0.1, 0.15) is 24.3 Å². The first-order valence-corrected chi connectivity index (χ1v) is 7.06. The topological polar surface area (TPSA) is 33.2 Å². The highest BCUT2D eigenvalue weighted by Gasteiger charge is 2.29. The molecule has 2 heterocycles. The molecular weight excluding hydrogens is 256 g/mol. The molecule has 1 aliphatic heterocycles. The second-order valence-corrected chi connectivity index (χ2v) is 6.10. The Kier molecular flexibility index (Phi) is 3.94. The normalized spacial score (nSPS) is 24.8. The molecule has 1 aliphatic rings. The van der Waals surface area contributed by atoms with Crippen molar-refractivity contribution >= 4 is 29.3 Å². The van der Waals surface area contributed by atoms with E-state index >= 15 is 0 Å². The van der Waals surface area contributed by atoms with Crippen LogP contribution in [0.15, 0.2) is 18.3 Å². The molecule has 0 aromatic carbocycles. The number of carbonyl (C=O) groups is 1. The van der Waals surface area contributed by atoms with Crippen molar-refractivity contribution < 1.29 is 4.79 Å². The minimum absolute atomic E-state index is 0.0212. The van der Waals surface area contributed by atoms with Gasteiger partial charge >= 0.3 is 0 Å². The van der Waals surface area contributed by atoms with Crippen LogP contribution in [0.5, 0.6) is 0 Å². The van der Waals surface area contributed by atoms with E-state index in [2.05, 4.69) is 18.8 Å². The summed E-state index contributed by atoms with van der Waals surface area (Å²) in [6.07, 6.45) is 1.57. The molecule has 2 unspecified atom stereocenters. The molecule has 0 radical (unpaired) electrons. The minimum Gasteiger partial charge on any atom is -0.333 e. The van der Waals surface area contributed by atoms with Crippen molar-refractivity contribution in [2.24, 2.45) is 0 Å². The summed E-state index contributed by atoms with van der Waals surface area (Å²) < 4.78 is 0. The molecule has 17 heavy (non-hydrogen) atoms. The van der Waals surface area contributed by atoms with Gasteiger partial charge in [-0.25, -0.2) is 0 Å². The number of aromatic nitrogens is 1. The molecular formula is C12H15ClN2OS. The van der Waals surface area contributed by atoms with Crippen molar-refractivity contribution in [3.05, 3.63) is 29.0 Å². The van der Waals surface area contributed by atoms with E-state index in [1.807, 2.05) is 16.7 Å². The smallest absolute Gasteiger partial charge is 0.272 e. The standard InChI is InChI=1S/C12H15ClN2OS/c1-8-9(2)17-6-5-15(8)12(16)11-7-10(13)3-4-14-11/h3-4,7-9H,5-6H2,1-2H3. The van der Waals surface area contributed by atoms with Crippen LogP contribution in [-0.2, 0) is 0 Å². The Morgan fingerprint density at radius 2 is 2.35 bits per heavy atom. The maximum Gasteiger partial charge on any atom is 0.272 e. The van der Waals surface area contributed by atoms with E-state index < -0.39 is 0 Å². The molecule has 0 bridgehead atoms. The Morgan fingerprint density at radius 1 is 1.59 bits per heavy atom. The fourth-order valence-corrected chi connectivity index (χ4v) is 3.15. The summed E-state index contributed by atoms with van der Waals surface area (Å²) in [6.45, 7) is 5.02. The molecule has 0 saturated carbocycles.